The van der Waals surface area contributed by atoms with Crippen molar-refractivity contribution in [2.24, 2.45) is 0 Å². The molecule has 1 amide bonds. The fourth-order valence-corrected chi connectivity index (χ4v) is 2.33. The van der Waals surface area contributed by atoms with Crippen LogP contribution in [-0.4, -0.2) is 37.6 Å². The van der Waals surface area contributed by atoms with Gasteiger partial charge in [-0.3, -0.25) is 14.9 Å². The first-order valence-electron chi connectivity index (χ1n) is 8.50. The average Bonchev–Trinajstić information content (AvgIpc) is 2.74. The molecule has 0 heterocycles. The van der Waals surface area contributed by atoms with Gasteiger partial charge in [-0.1, -0.05) is 18.2 Å². The van der Waals surface area contributed by atoms with Crippen molar-refractivity contribution >= 4 is 23.6 Å². The Morgan fingerprint density at radius 3 is 2.55 bits per heavy atom. The van der Waals surface area contributed by atoms with Crippen molar-refractivity contribution < 1.29 is 28.7 Å². The first-order valence-corrected chi connectivity index (χ1v) is 8.50. The highest BCUT2D eigenvalue weighted by atomic mass is 16.6. The van der Waals surface area contributed by atoms with E-state index in [0.29, 0.717) is 17.1 Å². The number of nitro benzene ring substituents is 1. The van der Waals surface area contributed by atoms with Gasteiger partial charge in [0.2, 0.25) is 0 Å². The van der Waals surface area contributed by atoms with Crippen LogP contribution in [0.15, 0.2) is 48.5 Å². The molecule has 2 aromatic rings. The van der Waals surface area contributed by atoms with Crippen LogP contribution in [0.5, 0.6) is 11.5 Å². The molecule has 0 aliphatic rings. The molecule has 0 saturated heterocycles. The summed E-state index contributed by atoms with van der Waals surface area (Å²) in [6, 6.07) is 11.0. The normalized spacial score (nSPS) is 10.4. The quantitative estimate of drug-likeness (QED) is 0.297. The topological polar surface area (TPSA) is 117 Å². The molecule has 9 heteroatoms. The predicted molar refractivity (Wildman–Crippen MR) is 104 cm³/mol. The highest BCUT2D eigenvalue weighted by Gasteiger charge is 2.08. The predicted octanol–water partition coefficient (Wildman–Crippen LogP) is 2.48. The van der Waals surface area contributed by atoms with Crippen LogP contribution in [0.4, 0.5) is 5.69 Å². The van der Waals surface area contributed by atoms with E-state index in [4.69, 9.17) is 14.2 Å². The zero-order valence-electron chi connectivity index (χ0n) is 15.9. The number of rotatable bonds is 9. The molecular formula is C20H20N2O7. The number of ether oxygens (including phenoxy) is 3. The van der Waals surface area contributed by atoms with Crippen molar-refractivity contribution in [1.29, 1.82) is 0 Å². The zero-order chi connectivity index (χ0) is 21.2. The number of nitrogens with zero attached hydrogens (tertiary/aromatic N) is 1. The van der Waals surface area contributed by atoms with Gasteiger partial charge in [-0.15, -0.1) is 0 Å². The van der Waals surface area contributed by atoms with Crippen molar-refractivity contribution in [2.75, 3.05) is 20.8 Å². The van der Waals surface area contributed by atoms with Gasteiger partial charge in [-0.25, -0.2) is 4.79 Å². The van der Waals surface area contributed by atoms with E-state index in [0.717, 1.165) is 11.6 Å². The lowest BCUT2D eigenvalue weighted by molar-refractivity contribution is -0.384. The summed E-state index contributed by atoms with van der Waals surface area (Å²) in [4.78, 5) is 33.8. The number of hydrogen-bond acceptors (Lipinski definition) is 7. The van der Waals surface area contributed by atoms with Gasteiger partial charge < -0.3 is 19.5 Å². The van der Waals surface area contributed by atoms with Gasteiger partial charge in [-0.2, -0.15) is 0 Å². The Morgan fingerprint density at radius 1 is 1.10 bits per heavy atom. The summed E-state index contributed by atoms with van der Waals surface area (Å²) in [7, 11) is 3.04. The van der Waals surface area contributed by atoms with Gasteiger partial charge in [0, 0.05) is 24.8 Å². The molecular weight excluding hydrogens is 380 g/mol. The first-order chi connectivity index (χ1) is 13.9. The number of benzene rings is 2. The number of nitro groups is 1. The van der Waals surface area contributed by atoms with E-state index in [1.807, 2.05) is 0 Å². The number of amides is 1. The Kier molecular flexibility index (Phi) is 7.72. The average molecular weight is 400 g/mol. The molecule has 0 aliphatic carbocycles. The lowest BCUT2D eigenvalue weighted by Crippen LogP contribution is -2.28. The van der Waals surface area contributed by atoms with Crippen LogP contribution in [0.3, 0.4) is 0 Å². The van der Waals surface area contributed by atoms with E-state index < -0.39 is 23.4 Å². The highest BCUT2D eigenvalue weighted by molar-refractivity contribution is 5.89. The van der Waals surface area contributed by atoms with Crippen LogP contribution in [0.25, 0.3) is 6.08 Å². The monoisotopic (exact) mass is 400 g/mol. The van der Waals surface area contributed by atoms with Gasteiger partial charge in [0.1, 0.15) is 0 Å². The lowest BCUT2D eigenvalue weighted by Gasteiger charge is -2.10. The van der Waals surface area contributed by atoms with Gasteiger partial charge in [0.15, 0.2) is 18.1 Å². The third-order valence-electron chi connectivity index (χ3n) is 3.78. The number of non-ortho nitro benzene ring substituents is 1. The maximum absolute atomic E-state index is 11.8. The minimum Gasteiger partial charge on any atom is -0.493 e. The van der Waals surface area contributed by atoms with Crippen molar-refractivity contribution in [3.05, 3.63) is 69.8 Å². The van der Waals surface area contributed by atoms with E-state index in [9.17, 15) is 19.7 Å². The van der Waals surface area contributed by atoms with E-state index >= 15 is 0 Å². The van der Waals surface area contributed by atoms with E-state index in [1.165, 1.54) is 38.5 Å². The Labute approximate surface area is 167 Å². The molecule has 9 nitrogen and oxygen atoms in total. The summed E-state index contributed by atoms with van der Waals surface area (Å²) in [6.07, 6.45) is 2.47. The number of carbonyl (C=O) groups is 2. The van der Waals surface area contributed by atoms with E-state index in [2.05, 4.69) is 5.32 Å². The van der Waals surface area contributed by atoms with Gasteiger partial charge in [0.25, 0.3) is 11.6 Å². The van der Waals surface area contributed by atoms with Crippen LogP contribution < -0.4 is 14.8 Å². The fraction of sp³-hybridized carbons (Fsp3) is 0.200. The summed E-state index contributed by atoms with van der Waals surface area (Å²) >= 11 is 0. The summed E-state index contributed by atoms with van der Waals surface area (Å²) in [6.45, 7) is -0.230. The Morgan fingerprint density at radius 2 is 1.86 bits per heavy atom. The smallest absolute Gasteiger partial charge is 0.331 e. The molecule has 1 N–H and O–H groups in total. The molecule has 0 radical (unpaired) electrons. The summed E-state index contributed by atoms with van der Waals surface area (Å²) in [5.74, 6) is -0.0985. The third kappa shape index (κ3) is 6.65. The van der Waals surface area contributed by atoms with Gasteiger partial charge in [-0.05, 0) is 29.3 Å². The first kappa shape index (κ1) is 21.4. The third-order valence-corrected chi connectivity index (χ3v) is 3.78. The fourth-order valence-electron chi connectivity index (χ4n) is 2.33. The summed E-state index contributed by atoms with van der Waals surface area (Å²) < 4.78 is 15.2. The Bertz CT molecular complexity index is 925. The number of carbonyl (C=O) groups excluding carboxylic acids is 2. The highest BCUT2D eigenvalue weighted by Crippen LogP contribution is 2.27. The van der Waals surface area contributed by atoms with Crippen LogP contribution in [0, 0.1) is 10.1 Å². The van der Waals surface area contributed by atoms with E-state index in [-0.39, 0.29) is 12.2 Å². The number of hydrogen-bond donors (Lipinski definition) is 1. The minimum absolute atomic E-state index is 0.0879. The molecule has 0 atom stereocenters. The number of methoxy groups -OCH3 is 2. The molecule has 0 unspecified atom stereocenters. The largest absolute Gasteiger partial charge is 0.493 e. The Balaban J connectivity index is 1.81. The molecule has 0 saturated carbocycles. The van der Waals surface area contributed by atoms with Gasteiger partial charge in [0.05, 0.1) is 19.1 Å². The van der Waals surface area contributed by atoms with Crippen LogP contribution >= 0.6 is 0 Å². The van der Waals surface area contributed by atoms with Crippen molar-refractivity contribution in [1.82, 2.24) is 5.32 Å². The molecule has 2 rings (SSSR count). The lowest BCUT2D eigenvalue weighted by atomic mass is 10.2. The second-order valence-electron chi connectivity index (χ2n) is 5.76. The molecule has 152 valence electrons. The molecule has 29 heavy (non-hydrogen) atoms. The standard InChI is InChI=1S/C20H20N2O7/c1-27-17-8-6-15(11-18(17)28-2)12-21-19(23)13-29-20(24)9-7-14-4-3-5-16(10-14)22(25)26/h3-11H,12-13H2,1-2H3,(H,21,23)/b9-7+. The van der Waals surface area contributed by atoms with E-state index in [1.54, 1.807) is 24.3 Å². The molecule has 2 aromatic carbocycles. The second kappa shape index (κ2) is 10.5. The maximum Gasteiger partial charge on any atom is 0.331 e. The molecule has 0 spiro atoms. The maximum atomic E-state index is 11.8. The van der Waals surface area contributed by atoms with Crippen LogP contribution in [-0.2, 0) is 20.9 Å². The molecule has 0 bridgehead atoms. The van der Waals surface area contributed by atoms with Crippen molar-refractivity contribution in [3.63, 3.8) is 0 Å². The molecule has 0 fully saturated rings. The van der Waals surface area contributed by atoms with Gasteiger partial charge >= 0.3 is 5.97 Å². The SMILES string of the molecule is COc1ccc(CNC(=O)COC(=O)/C=C/c2cccc([N+](=O)[O-])c2)cc1OC. The minimum atomic E-state index is -0.738. The van der Waals surface area contributed by atoms with Crippen LogP contribution in [0.1, 0.15) is 11.1 Å². The molecule has 0 aliphatic heterocycles. The zero-order valence-corrected chi connectivity index (χ0v) is 15.9. The molecule has 0 aromatic heterocycles. The summed E-state index contributed by atoms with van der Waals surface area (Å²) in [5.41, 5.74) is 1.16. The van der Waals surface area contributed by atoms with Crippen LogP contribution in [0.2, 0.25) is 0 Å². The summed E-state index contributed by atoms with van der Waals surface area (Å²) in [5, 5.41) is 13.4. The van der Waals surface area contributed by atoms with Crippen molar-refractivity contribution in [3.8, 4) is 11.5 Å². The second-order valence-corrected chi connectivity index (χ2v) is 5.76. The van der Waals surface area contributed by atoms with Crippen molar-refractivity contribution in [2.45, 2.75) is 6.54 Å². The number of nitrogens with one attached hydrogen (secondary N) is 1. The number of esters is 1. The Hall–Kier alpha value is -3.88.